The van der Waals surface area contributed by atoms with Crippen LogP contribution in [-0.4, -0.2) is 35.0 Å². The number of phenols is 1. The molecule has 0 aromatic heterocycles. The first-order valence-corrected chi connectivity index (χ1v) is 8.69. The van der Waals surface area contributed by atoms with Gasteiger partial charge >= 0.3 is 0 Å². The average Bonchev–Trinajstić information content (AvgIpc) is 2.62. The molecule has 3 rings (SSSR count). The molecule has 0 spiro atoms. The van der Waals surface area contributed by atoms with Crippen molar-refractivity contribution in [2.45, 2.75) is 19.4 Å². The van der Waals surface area contributed by atoms with E-state index in [0.717, 1.165) is 25.1 Å². The summed E-state index contributed by atoms with van der Waals surface area (Å²) in [5.41, 5.74) is 3.08. The number of nitrogens with zero attached hydrogens (tertiary/aromatic N) is 1. The fourth-order valence-electron chi connectivity index (χ4n) is 2.95. The fraction of sp³-hybridized carbons (Fsp3) is 0.250. The maximum absolute atomic E-state index is 12.5. The zero-order valence-electron chi connectivity index (χ0n) is 14.1. The molecule has 1 amide bonds. The lowest BCUT2D eigenvalue weighted by molar-refractivity contribution is -0.120. The second-order valence-electron chi connectivity index (χ2n) is 6.20. The number of carbonyl (C=O) groups excluding carboxylic acids is 1. The highest BCUT2D eigenvalue weighted by Crippen LogP contribution is 2.25. The molecular weight excluding hydrogens is 336 g/mol. The van der Waals surface area contributed by atoms with Gasteiger partial charge in [0.2, 0.25) is 5.91 Å². The number of rotatable bonds is 4. The molecule has 1 heterocycles. The highest BCUT2D eigenvalue weighted by Gasteiger charge is 2.23. The largest absolute Gasteiger partial charge is 0.508 e. The predicted octanol–water partition coefficient (Wildman–Crippen LogP) is 4.16. The minimum absolute atomic E-state index is 0.0382. The molecule has 0 saturated carbocycles. The lowest BCUT2D eigenvalue weighted by Crippen LogP contribution is -2.44. The van der Waals surface area contributed by atoms with E-state index in [1.54, 1.807) is 24.3 Å². The van der Waals surface area contributed by atoms with Crippen molar-refractivity contribution >= 4 is 28.8 Å². The lowest BCUT2D eigenvalue weighted by atomic mass is 9.98. The molecule has 0 aliphatic carbocycles. The Balaban J connectivity index is 1.61. The van der Waals surface area contributed by atoms with E-state index < -0.39 is 0 Å². The summed E-state index contributed by atoms with van der Waals surface area (Å²) in [6, 6.07) is 14.2. The minimum Gasteiger partial charge on any atom is -0.508 e. The van der Waals surface area contributed by atoms with Crippen LogP contribution in [0.25, 0.3) is 5.57 Å². The highest BCUT2D eigenvalue weighted by molar-refractivity contribution is 6.30. The van der Waals surface area contributed by atoms with Gasteiger partial charge in [0.1, 0.15) is 5.75 Å². The number of anilines is 1. The molecule has 0 bridgehead atoms. The Hall–Kier alpha value is -2.30. The van der Waals surface area contributed by atoms with E-state index in [4.69, 9.17) is 11.6 Å². The second kappa shape index (κ2) is 7.72. The van der Waals surface area contributed by atoms with Crippen molar-refractivity contribution in [2.24, 2.45) is 0 Å². The molecule has 1 atom stereocenters. The van der Waals surface area contributed by atoms with Gasteiger partial charge in [-0.15, -0.1) is 0 Å². The average molecular weight is 357 g/mol. The van der Waals surface area contributed by atoms with Crippen LogP contribution in [0.1, 0.15) is 18.9 Å². The second-order valence-corrected chi connectivity index (χ2v) is 6.63. The molecule has 0 radical (unpaired) electrons. The monoisotopic (exact) mass is 356 g/mol. The van der Waals surface area contributed by atoms with Crippen LogP contribution in [0.2, 0.25) is 5.02 Å². The molecule has 2 aromatic carbocycles. The van der Waals surface area contributed by atoms with E-state index in [1.165, 1.54) is 5.57 Å². The molecule has 130 valence electrons. The topological polar surface area (TPSA) is 52.6 Å². The number of aromatic hydroxyl groups is 1. The number of nitrogens with one attached hydrogen (secondary N) is 1. The normalized spacial score (nSPS) is 16.2. The molecular formula is C20H21ClN2O2. The number of hydrogen-bond donors (Lipinski definition) is 2. The zero-order valence-corrected chi connectivity index (χ0v) is 14.8. The first-order chi connectivity index (χ1) is 12.0. The molecule has 0 saturated heterocycles. The molecule has 25 heavy (non-hydrogen) atoms. The predicted molar refractivity (Wildman–Crippen MR) is 102 cm³/mol. The number of hydrogen-bond acceptors (Lipinski definition) is 3. The quantitative estimate of drug-likeness (QED) is 0.864. The van der Waals surface area contributed by atoms with Crippen molar-refractivity contribution < 1.29 is 9.90 Å². The number of carbonyl (C=O) groups is 1. The SMILES string of the molecule is CC(C(=O)Nc1cccc(Cl)c1)N1CC=C(c2ccc(O)cc2)CC1. The van der Waals surface area contributed by atoms with Crippen LogP contribution in [0.3, 0.4) is 0 Å². The van der Waals surface area contributed by atoms with Crippen molar-refractivity contribution in [2.75, 3.05) is 18.4 Å². The summed E-state index contributed by atoms with van der Waals surface area (Å²) < 4.78 is 0. The van der Waals surface area contributed by atoms with Gasteiger partial charge in [-0.3, -0.25) is 9.69 Å². The summed E-state index contributed by atoms with van der Waals surface area (Å²) >= 11 is 5.96. The molecule has 0 fully saturated rings. The summed E-state index contributed by atoms with van der Waals surface area (Å²) in [5, 5.41) is 12.9. The molecule has 5 heteroatoms. The first kappa shape index (κ1) is 17.5. The summed E-state index contributed by atoms with van der Waals surface area (Å²) in [4.78, 5) is 14.6. The summed E-state index contributed by atoms with van der Waals surface area (Å²) in [6.07, 6.45) is 3.03. The van der Waals surface area contributed by atoms with Gasteiger partial charge in [-0.05, 0) is 54.8 Å². The maximum Gasteiger partial charge on any atom is 0.241 e. The van der Waals surface area contributed by atoms with E-state index in [1.807, 2.05) is 31.2 Å². The Morgan fingerprint density at radius 3 is 2.64 bits per heavy atom. The van der Waals surface area contributed by atoms with Crippen LogP contribution < -0.4 is 5.32 Å². The number of amides is 1. The van der Waals surface area contributed by atoms with Gasteiger partial charge in [0.05, 0.1) is 6.04 Å². The summed E-state index contributed by atoms with van der Waals surface area (Å²) in [7, 11) is 0. The van der Waals surface area contributed by atoms with E-state index in [0.29, 0.717) is 10.7 Å². The van der Waals surface area contributed by atoms with Gasteiger partial charge in [-0.1, -0.05) is 35.9 Å². The van der Waals surface area contributed by atoms with Crippen molar-refractivity contribution in [3.63, 3.8) is 0 Å². The lowest BCUT2D eigenvalue weighted by Gasteiger charge is -2.31. The number of halogens is 1. The summed E-state index contributed by atoms with van der Waals surface area (Å²) in [6.45, 7) is 3.45. The third-order valence-electron chi connectivity index (χ3n) is 4.50. The van der Waals surface area contributed by atoms with Gasteiger partial charge in [0.25, 0.3) is 0 Å². The van der Waals surface area contributed by atoms with Crippen LogP contribution in [0, 0.1) is 0 Å². The van der Waals surface area contributed by atoms with Crippen LogP contribution in [0.5, 0.6) is 5.75 Å². The van der Waals surface area contributed by atoms with Crippen LogP contribution >= 0.6 is 11.6 Å². The van der Waals surface area contributed by atoms with Gasteiger partial charge in [-0.25, -0.2) is 0 Å². The van der Waals surface area contributed by atoms with Crippen molar-refractivity contribution in [1.29, 1.82) is 0 Å². The molecule has 2 aromatic rings. The van der Waals surface area contributed by atoms with Crippen molar-refractivity contribution in [1.82, 2.24) is 4.90 Å². The summed E-state index contributed by atoms with van der Waals surface area (Å²) in [5.74, 6) is 0.233. The Labute approximate surface area is 152 Å². The van der Waals surface area contributed by atoms with Gasteiger partial charge < -0.3 is 10.4 Å². The smallest absolute Gasteiger partial charge is 0.241 e. The Morgan fingerprint density at radius 2 is 2.00 bits per heavy atom. The third-order valence-corrected chi connectivity index (χ3v) is 4.73. The molecule has 1 unspecified atom stereocenters. The maximum atomic E-state index is 12.5. The molecule has 2 N–H and O–H groups in total. The van der Waals surface area contributed by atoms with Crippen LogP contribution in [0.4, 0.5) is 5.69 Å². The van der Waals surface area contributed by atoms with E-state index in [2.05, 4.69) is 16.3 Å². The van der Waals surface area contributed by atoms with E-state index >= 15 is 0 Å². The van der Waals surface area contributed by atoms with Crippen LogP contribution in [-0.2, 0) is 4.79 Å². The van der Waals surface area contributed by atoms with Crippen LogP contribution in [0.15, 0.2) is 54.6 Å². The first-order valence-electron chi connectivity index (χ1n) is 8.32. The minimum atomic E-state index is -0.225. The number of benzene rings is 2. The highest BCUT2D eigenvalue weighted by atomic mass is 35.5. The van der Waals surface area contributed by atoms with Crippen molar-refractivity contribution in [3.05, 3.63) is 65.2 Å². The Kier molecular flexibility index (Phi) is 5.41. The number of phenolic OH excluding ortho intramolecular Hbond substituents is 1. The third kappa shape index (κ3) is 4.41. The fourth-order valence-corrected chi connectivity index (χ4v) is 3.14. The Bertz CT molecular complexity index is 787. The Morgan fingerprint density at radius 1 is 1.24 bits per heavy atom. The van der Waals surface area contributed by atoms with Crippen molar-refractivity contribution in [3.8, 4) is 5.75 Å². The molecule has 1 aliphatic rings. The standard InChI is InChI=1S/C20H21ClN2O2/c1-14(20(25)22-18-4-2-3-17(21)13-18)23-11-9-16(10-12-23)15-5-7-19(24)8-6-15/h2-9,13-14,24H,10-12H2,1H3,(H,22,25). The van der Waals surface area contributed by atoms with Gasteiger partial charge in [0.15, 0.2) is 0 Å². The van der Waals surface area contributed by atoms with Gasteiger partial charge in [0, 0.05) is 23.8 Å². The van der Waals surface area contributed by atoms with E-state index in [9.17, 15) is 9.90 Å². The van der Waals surface area contributed by atoms with E-state index in [-0.39, 0.29) is 17.7 Å². The molecule has 4 nitrogen and oxygen atoms in total. The zero-order chi connectivity index (χ0) is 17.8. The molecule has 1 aliphatic heterocycles. The van der Waals surface area contributed by atoms with Gasteiger partial charge in [-0.2, -0.15) is 0 Å².